The second kappa shape index (κ2) is 19.1. The van der Waals surface area contributed by atoms with Crippen LogP contribution in [-0.4, -0.2) is 85.8 Å². The summed E-state index contributed by atoms with van der Waals surface area (Å²) in [6.45, 7) is 10.1. The molecule has 12 nitrogen and oxygen atoms in total. The fourth-order valence-electron chi connectivity index (χ4n) is 7.10. The average Bonchev–Trinajstić information content (AvgIpc) is 3.63. The Morgan fingerprint density at radius 1 is 0.980 bits per heavy atom. The highest BCUT2D eigenvalue weighted by molar-refractivity contribution is 5.93. The molecule has 4 atom stereocenters. The predicted molar refractivity (Wildman–Crippen MR) is 195 cm³/mol. The van der Waals surface area contributed by atoms with Gasteiger partial charge in [0.2, 0.25) is 11.8 Å². The van der Waals surface area contributed by atoms with E-state index in [1.807, 2.05) is 30.3 Å². The van der Waals surface area contributed by atoms with Gasteiger partial charge in [0.1, 0.15) is 5.54 Å². The number of aliphatic hydroxyl groups is 1. The molecule has 1 saturated heterocycles. The van der Waals surface area contributed by atoms with E-state index in [2.05, 4.69) is 34.4 Å². The second-order valence-electron chi connectivity index (χ2n) is 15.4. The van der Waals surface area contributed by atoms with E-state index in [0.717, 1.165) is 44.1 Å². The summed E-state index contributed by atoms with van der Waals surface area (Å²) in [5, 5.41) is 20.2. The molecule has 2 heterocycles. The number of carbonyl (C=O) groups excluding carboxylic acids is 4. The maximum atomic E-state index is 14.4. The Morgan fingerprint density at radius 3 is 2.29 bits per heavy atom. The standard InChI is InChI=1S/C39H60N6O6/c1-27(2)18-19-33(46)32(22-29-14-8-6-9-15-29)42-37(49)39(5,24-31-25-40-26-41-31)43-35(47)34(23-30-16-10-7-11-17-30)51-38(50)45-21-13-12-20-44(45)36(48)28(3)4/h7,10-11,16-17,25-29,32-34,46H,6,8-9,12-15,18-24H2,1-5H3,(H,40,41)(H,42,49)(H,43,47)/t32-,33-,34-,39-/m0/s1. The first-order valence-electron chi connectivity index (χ1n) is 19.0. The summed E-state index contributed by atoms with van der Waals surface area (Å²) in [6, 6.07) is 8.74. The number of aromatic nitrogens is 2. The highest BCUT2D eigenvalue weighted by Gasteiger charge is 2.41. The molecule has 4 rings (SSSR count). The van der Waals surface area contributed by atoms with Crippen molar-refractivity contribution >= 4 is 23.8 Å². The molecule has 1 saturated carbocycles. The third-order valence-electron chi connectivity index (χ3n) is 10.2. The van der Waals surface area contributed by atoms with Gasteiger partial charge in [-0.25, -0.2) is 19.8 Å². The molecule has 4 amide bonds. The number of nitrogens with zero attached hydrogens (tertiary/aromatic N) is 3. The van der Waals surface area contributed by atoms with Crippen LogP contribution < -0.4 is 10.6 Å². The summed E-state index contributed by atoms with van der Waals surface area (Å²) in [5.74, 6) is -0.804. The number of hydrazine groups is 1. The smallest absolute Gasteiger partial charge is 0.429 e. The molecule has 282 valence electrons. The van der Waals surface area contributed by atoms with Crippen LogP contribution in [0.5, 0.6) is 0 Å². The number of benzene rings is 1. The van der Waals surface area contributed by atoms with Crippen LogP contribution in [0, 0.1) is 17.8 Å². The lowest BCUT2D eigenvalue weighted by Gasteiger charge is -2.39. The molecule has 51 heavy (non-hydrogen) atoms. The van der Waals surface area contributed by atoms with Crippen molar-refractivity contribution < 1.29 is 29.0 Å². The van der Waals surface area contributed by atoms with E-state index in [-0.39, 0.29) is 24.7 Å². The summed E-state index contributed by atoms with van der Waals surface area (Å²) < 4.78 is 5.94. The fourth-order valence-corrected chi connectivity index (χ4v) is 7.10. The molecule has 2 fully saturated rings. The summed E-state index contributed by atoms with van der Waals surface area (Å²) in [6.07, 6.45) is 9.53. The normalized spacial score (nSPS) is 18.5. The number of hydrogen-bond donors (Lipinski definition) is 4. The van der Waals surface area contributed by atoms with Crippen molar-refractivity contribution in [1.29, 1.82) is 0 Å². The first kappa shape index (κ1) is 39.8. The van der Waals surface area contributed by atoms with Gasteiger partial charge in [-0.15, -0.1) is 0 Å². The molecule has 1 aliphatic carbocycles. The second-order valence-corrected chi connectivity index (χ2v) is 15.4. The Bertz CT molecular complexity index is 1400. The number of nitrogens with one attached hydrogen (secondary N) is 3. The molecular weight excluding hydrogens is 648 g/mol. The average molecular weight is 709 g/mol. The predicted octanol–water partition coefficient (Wildman–Crippen LogP) is 5.32. The Balaban J connectivity index is 1.59. The largest absolute Gasteiger partial charge is 0.434 e. The van der Waals surface area contributed by atoms with Crippen LogP contribution in [0.2, 0.25) is 0 Å². The monoisotopic (exact) mass is 708 g/mol. The highest BCUT2D eigenvalue weighted by atomic mass is 16.6. The van der Waals surface area contributed by atoms with Crippen LogP contribution >= 0.6 is 0 Å². The molecule has 1 aromatic heterocycles. The Morgan fingerprint density at radius 2 is 1.67 bits per heavy atom. The van der Waals surface area contributed by atoms with Gasteiger partial charge in [-0.1, -0.05) is 90.1 Å². The number of carbonyl (C=O) groups is 4. The van der Waals surface area contributed by atoms with Gasteiger partial charge in [-0.2, -0.15) is 0 Å². The zero-order valence-electron chi connectivity index (χ0n) is 31.2. The summed E-state index contributed by atoms with van der Waals surface area (Å²) in [5.41, 5.74) is -0.108. The Labute approximate surface area is 303 Å². The molecule has 2 aliphatic rings. The van der Waals surface area contributed by atoms with Gasteiger partial charge in [-0.05, 0) is 56.4 Å². The van der Waals surface area contributed by atoms with Gasteiger partial charge in [0.25, 0.3) is 5.91 Å². The number of ether oxygens (including phenoxy) is 1. The molecule has 2 aromatic rings. The molecule has 0 spiro atoms. The maximum absolute atomic E-state index is 14.4. The first-order chi connectivity index (χ1) is 24.4. The van der Waals surface area contributed by atoms with E-state index >= 15 is 0 Å². The number of aliphatic hydroxyl groups excluding tert-OH is 1. The minimum atomic E-state index is -1.50. The molecule has 1 aliphatic heterocycles. The van der Waals surface area contributed by atoms with Gasteiger partial charge in [0.05, 0.1) is 18.5 Å². The third kappa shape index (κ3) is 11.8. The van der Waals surface area contributed by atoms with Gasteiger partial charge in [0.15, 0.2) is 6.10 Å². The highest BCUT2D eigenvalue weighted by Crippen LogP contribution is 2.29. The Kier molecular flexibility index (Phi) is 14.9. The molecule has 0 bridgehead atoms. The molecule has 0 radical (unpaired) electrons. The lowest BCUT2D eigenvalue weighted by molar-refractivity contribution is -0.155. The molecule has 12 heteroatoms. The fraction of sp³-hybridized carbons (Fsp3) is 0.667. The number of rotatable bonds is 16. The zero-order chi connectivity index (χ0) is 37.0. The number of amides is 4. The molecular formula is C39H60N6O6. The lowest BCUT2D eigenvalue weighted by Crippen LogP contribution is -2.63. The van der Waals surface area contributed by atoms with Gasteiger partial charge >= 0.3 is 6.09 Å². The van der Waals surface area contributed by atoms with E-state index in [4.69, 9.17) is 4.74 Å². The topological polar surface area (TPSA) is 157 Å². The van der Waals surface area contributed by atoms with Crippen LogP contribution in [0.15, 0.2) is 42.9 Å². The minimum Gasteiger partial charge on any atom is -0.434 e. The van der Waals surface area contributed by atoms with Gasteiger partial charge < -0.3 is 25.5 Å². The van der Waals surface area contributed by atoms with Gasteiger partial charge in [-0.3, -0.25) is 14.4 Å². The van der Waals surface area contributed by atoms with E-state index < -0.39 is 41.7 Å². The van der Waals surface area contributed by atoms with E-state index in [0.29, 0.717) is 49.9 Å². The maximum Gasteiger partial charge on any atom is 0.429 e. The van der Waals surface area contributed by atoms with Crippen molar-refractivity contribution in [1.82, 2.24) is 30.6 Å². The quantitative estimate of drug-likeness (QED) is 0.184. The van der Waals surface area contributed by atoms with E-state index in [1.54, 1.807) is 27.0 Å². The number of hydrogen-bond acceptors (Lipinski definition) is 7. The lowest BCUT2D eigenvalue weighted by atomic mass is 9.82. The SMILES string of the molecule is CC(C)CC[C@H](O)[C@H](CC1CCCCC1)NC(=O)[C@](C)(Cc1cnc[nH]1)NC(=O)[C@H](Cc1ccccc1)OC(=O)N1CCCCN1C(=O)C(C)C. The van der Waals surface area contributed by atoms with Crippen molar-refractivity contribution in [2.75, 3.05) is 13.1 Å². The van der Waals surface area contributed by atoms with Crippen LogP contribution in [-0.2, 0) is 32.0 Å². The summed E-state index contributed by atoms with van der Waals surface area (Å²) in [4.78, 5) is 62.6. The zero-order valence-corrected chi connectivity index (χ0v) is 31.2. The molecule has 4 N–H and O–H groups in total. The van der Waals surface area contributed by atoms with Crippen LogP contribution in [0.1, 0.15) is 110 Å². The number of H-pyrrole nitrogens is 1. The summed E-state index contributed by atoms with van der Waals surface area (Å²) >= 11 is 0. The van der Waals surface area contributed by atoms with Crippen molar-refractivity contribution in [2.45, 2.75) is 135 Å². The van der Waals surface area contributed by atoms with E-state index in [1.165, 1.54) is 22.8 Å². The molecule has 1 aromatic carbocycles. The van der Waals surface area contributed by atoms with Crippen molar-refractivity contribution in [3.8, 4) is 0 Å². The van der Waals surface area contributed by atoms with E-state index in [9.17, 15) is 24.3 Å². The minimum absolute atomic E-state index is 0.0599. The van der Waals surface area contributed by atoms with Crippen LogP contribution in [0.25, 0.3) is 0 Å². The number of imidazole rings is 1. The van der Waals surface area contributed by atoms with Crippen LogP contribution in [0.4, 0.5) is 4.79 Å². The number of aromatic amines is 1. The third-order valence-corrected chi connectivity index (χ3v) is 10.2. The molecule has 0 unspecified atom stereocenters. The van der Waals surface area contributed by atoms with Crippen molar-refractivity contribution in [2.24, 2.45) is 17.8 Å². The first-order valence-corrected chi connectivity index (χ1v) is 19.0. The van der Waals surface area contributed by atoms with Gasteiger partial charge in [0, 0.05) is 43.7 Å². The van der Waals surface area contributed by atoms with Crippen molar-refractivity contribution in [3.05, 3.63) is 54.1 Å². The van der Waals surface area contributed by atoms with Crippen molar-refractivity contribution in [3.63, 3.8) is 0 Å². The summed E-state index contributed by atoms with van der Waals surface area (Å²) in [7, 11) is 0. The van der Waals surface area contributed by atoms with Crippen LogP contribution in [0.3, 0.4) is 0 Å². The Hall–Kier alpha value is -3.93.